The van der Waals surface area contributed by atoms with Gasteiger partial charge in [-0.25, -0.2) is 4.79 Å². The standard InChI is InChI=1S/C19H21NO4/c1-3-15-14(19(22)23)10-16(24-15)18(21)20-17(13-8-9-13)12-6-4-11(2)5-7-12/h4-7,10,13,17H,3,8-9H2,1-2H3,(H,20,21)(H,22,23). The van der Waals surface area contributed by atoms with Crippen molar-refractivity contribution >= 4 is 11.9 Å². The first-order valence-corrected chi connectivity index (χ1v) is 8.23. The van der Waals surface area contributed by atoms with Gasteiger partial charge in [-0.2, -0.15) is 0 Å². The minimum Gasteiger partial charge on any atom is -0.478 e. The van der Waals surface area contributed by atoms with Crippen molar-refractivity contribution in [2.75, 3.05) is 0 Å². The number of rotatable bonds is 6. The van der Waals surface area contributed by atoms with Crippen LogP contribution in [0.2, 0.25) is 0 Å². The molecule has 2 aromatic rings. The van der Waals surface area contributed by atoms with Crippen LogP contribution in [0.1, 0.15) is 63.6 Å². The van der Waals surface area contributed by atoms with Gasteiger partial charge in [-0.15, -0.1) is 0 Å². The fourth-order valence-corrected chi connectivity index (χ4v) is 2.87. The molecule has 1 atom stereocenters. The van der Waals surface area contributed by atoms with Crippen molar-refractivity contribution in [2.45, 2.75) is 39.2 Å². The highest BCUT2D eigenvalue weighted by Crippen LogP contribution is 2.41. The van der Waals surface area contributed by atoms with Crippen molar-refractivity contribution in [1.29, 1.82) is 0 Å². The van der Waals surface area contributed by atoms with Crippen LogP contribution in [0.3, 0.4) is 0 Å². The Morgan fingerprint density at radius 1 is 1.29 bits per heavy atom. The maximum atomic E-state index is 12.5. The maximum Gasteiger partial charge on any atom is 0.339 e. The molecule has 1 aliphatic carbocycles. The lowest BCUT2D eigenvalue weighted by molar-refractivity contribution is 0.0694. The fourth-order valence-electron chi connectivity index (χ4n) is 2.87. The third-order valence-corrected chi connectivity index (χ3v) is 4.40. The molecule has 1 unspecified atom stereocenters. The van der Waals surface area contributed by atoms with Crippen molar-refractivity contribution in [2.24, 2.45) is 5.92 Å². The highest BCUT2D eigenvalue weighted by Gasteiger charge is 2.34. The van der Waals surface area contributed by atoms with Gasteiger partial charge in [0.15, 0.2) is 5.76 Å². The average molecular weight is 327 g/mol. The first-order valence-electron chi connectivity index (χ1n) is 8.23. The lowest BCUT2D eigenvalue weighted by Gasteiger charge is -2.18. The second-order valence-corrected chi connectivity index (χ2v) is 6.31. The van der Waals surface area contributed by atoms with Crippen LogP contribution in [0.15, 0.2) is 34.7 Å². The third-order valence-electron chi connectivity index (χ3n) is 4.40. The summed E-state index contributed by atoms with van der Waals surface area (Å²) in [5, 5.41) is 12.2. The van der Waals surface area contributed by atoms with E-state index in [2.05, 4.69) is 5.32 Å². The summed E-state index contributed by atoms with van der Waals surface area (Å²) in [4.78, 5) is 23.8. The summed E-state index contributed by atoms with van der Waals surface area (Å²) in [7, 11) is 0. The number of hydrogen-bond donors (Lipinski definition) is 2. The molecule has 0 saturated heterocycles. The molecule has 1 saturated carbocycles. The Labute approximate surface area is 140 Å². The molecule has 0 bridgehead atoms. The molecule has 126 valence electrons. The molecule has 24 heavy (non-hydrogen) atoms. The second-order valence-electron chi connectivity index (χ2n) is 6.31. The number of carboxylic acid groups (broad SMARTS) is 1. The van der Waals surface area contributed by atoms with Crippen LogP contribution in [-0.2, 0) is 6.42 Å². The number of carbonyl (C=O) groups excluding carboxylic acids is 1. The fraction of sp³-hybridized carbons (Fsp3) is 0.368. The molecule has 2 N–H and O–H groups in total. The van der Waals surface area contributed by atoms with E-state index in [-0.39, 0.29) is 23.3 Å². The third kappa shape index (κ3) is 3.35. The largest absolute Gasteiger partial charge is 0.478 e. The highest BCUT2D eigenvalue weighted by atomic mass is 16.4. The summed E-state index contributed by atoms with van der Waals surface area (Å²) in [5.41, 5.74) is 2.29. The van der Waals surface area contributed by atoms with Crippen molar-refractivity contribution in [3.8, 4) is 0 Å². The first kappa shape index (κ1) is 16.3. The van der Waals surface area contributed by atoms with Gasteiger partial charge < -0.3 is 14.8 Å². The van der Waals surface area contributed by atoms with Gasteiger partial charge in [-0.3, -0.25) is 4.79 Å². The van der Waals surface area contributed by atoms with E-state index < -0.39 is 5.97 Å². The SMILES string of the molecule is CCc1oc(C(=O)NC(c2ccc(C)cc2)C2CC2)cc1C(=O)O. The zero-order valence-corrected chi connectivity index (χ0v) is 13.8. The van der Waals surface area contributed by atoms with Gasteiger partial charge in [-0.05, 0) is 31.2 Å². The van der Waals surface area contributed by atoms with Crippen LogP contribution >= 0.6 is 0 Å². The molecule has 0 spiro atoms. The van der Waals surface area contributed by atoms with Gasteiger partial charge >= 0.3 is 5.97 Å². The Bertz CT molecular complexity index is 756. The summed E-state index contributed by atoms with van der Waals surface area (Å²) in [6.45, 7) is 3.82. The van der Waals surface area contributed by atoms with Gasteiger partial charge in [0.2, 0.25) is 0 Å². The van der Waals surface area contributed by atoms with Crippen LogP contribution in [0.4, 0.5) is 0 Å². The van der Waals surface area contributed by atoms with Gasteiger partial charge in [0.05, 0.1) is 6.04 Å². The van der Waals surface area contributed by atoms with Gasteiger partial charge in [-0.1, -0.05) is 36.8 Å². The topological polar surface area (TPSA) is 79.5 Å². The summed E-state index contributed by atoms with van der Waals surface area (Å²) in [5.74, 6) is -0.634. The van der Waals surface area contributed by atoms with Gasteiger partial charge in [0, 0.05) is 12.5 Å². The number of benzene rings is 1. The van der Waals surface area contributed by atoms with Crippen LogP contribution in [0.25, 0.3) is 0 Å². The van der Waals surface area contributed by atoms with E-state index >= 15 is 0 Å². The predicted octanol–water partition coefficient (Wildman–Crippen LogP) is 3.73. The normalized spacial score (nSPS) is 15.1. The zero-order valence-electron chi connectivity index (χ0n) is 13.8. The quantitative estimate of drug-likeness (QED) is 0.847. The van der Waals surface area contributed by atoms with Crippen LogP contribution in [0.5, 0.6) is 0 Å². The number of amides is 1. The number of aromatic carboxylic acids is 1. The van der Waals surface area contributed by atoms with E-state index in [0.717, 1.165) is 18.4 Å². The number of nitrogens with one attached hydrogen (secondary N) is 1. The van der Waals surface area contributed by atoms with E-state index in [1.54, 1.807) is 6.92 Å². The number of carbonyl (C=O) groups is 2. The Balaban J connectivity index is 1.81. The van der Waals surface area contributed by atoms with E-state index in [0.29, 0.717) is 18.1 Å². The zero-order chi connectivity index (χ0) is 17.3. The maximum absolute atomic E-state index is 12.5. The van der Waals surface area contributed by atoms with Crippen LogP contribution in [-0.4, -0.2) is 17.0 Å². The van der Waals surface area contributed by atoms with E-state index in [1.807, 2.05) is 31.2 Å². The minimum atomic E-state index is -1.08. The van der Waals surface area contributed by atoms with Crippen molar-refractivity contribution < 1.29 is 19.1 Å². The second kappa shape index (κ2) is 6.51. The summed E-state index contributed by atoms with van der Waals surface area (Å²) < 4.78 is 5.45. The molecule has 1 aromatic carbocycles. The first-order chi connectivity index (χ1) is 11.5. The van der Waals surface area contributed by atoms with Crippen molar-refractivity contribution in [3.05, 3.63) is 58.5 Å². The molecular weight excluding hydrogens is 306 g/mol. The number of carboxylic acids is 1. The summed E-state index contributed by atoms with van der Waals surface area (Å²) in [6.07, 6.45) is 2.59. The molecule has 1 aliphatic rings. The molecular formula is C19H21NO4. The molecule has 3 rings (SSSR count). The molecule has 1 aromatic heterocycles. The smallest absolute Gasteiger partial charge is 0.339 e. The molecule has 0 radical (unpaired) electrons. The monoisotopic (exact) mass is 327 g/mol. The Morgan fingerprint density at radius 2 is 1.96 bits per heavy atom. The van der Waals surface area contributed by atoms with E-state index in [9.17, 15) is 14.7 Å². The van der Waals surface area contributed by atoms with E-state index in [4.69, 9.17) is 4.42 Å². The Morgan fingerprint density at radius 3 is 2.46 bits per heavy atom. The van der Waals surface area contributed by atoms with E-state index in [1.165, 1.54) is 11.6 Å². The Hall–Kier alpha value is -2.56. The van der Waals surface area contributed by atoms with Crippen molar-refractivity contribution in [3.63, 3.8) is 0 Å². The molecule has 1 fully saturated rings. The minimum absolute atomic E-state index is 0.0564. The van der Waals surface area contributed by atoms with Crippen LogP contribution in [0, 0.1) is 12.8 Å². The molecule has 5 nitrogen and oxygen atoms in total. The lowest BCUT2D eigenvalue weighted by atomic mass is 10.0. The van der Waals surface area contributed by atoms with Crippen LogP contribution < -0.4 is 5.32 Å². The number of aryl methyl sites for hydroxylation is 2. The molecule has 5 heteroatoms. The molecule has 1 heterocycles. The van der Waals surface area contributed by atoms with Gasteiger partial charge in [0.1, 0.15) is 11.3 Å². The molecule has 1 amide bonds. The highest BCUT2D eigenvalue weighted by molar-refractivity contribution is 5.96. The Kier molecular flexibility index (Phi) is 4.42. The molecule has 0 aliphatic heterocycles. The number of hydrogen-bond acceptors (Lipinski definition) is 3. The predicted molar refractivity (Wildman–Crippen MR) is 89.2 cm³/mol. The summed E-state index contributed by atoms with van der Waals surface area (Å²) in [6, 6.07) is 9.36. The average Bonchev–Trinajstić information content (AvgIpc) is 3.30. The number of furan rings is 1. The summed E-state index contributed by atoms with van der Waals surface area (Å²) >= 11 is 0. The lowest BCUT2D eigenvalue weighted by Crippen LogP contribution is -2.29. The van der Waals surface area contributed by atoms with Crippen molar-refractivity contribution in [1.82, 2.24) is 5.32 Å². The van der Waals surface area contributed by atoms with Gasteiger partial charge in [0.25, 0.3) is 5.91 Å².